The third-order valence-electron chi connectivity index (χ3n) is 2.67. The van der Waals surface area contributed by atoms with Crippen molar-refractivity contribution in [1.82, 2.24) is 4.72 Å². The second kappa shape index (κ2) is 7.06. The summed E-state index contributed by atoms with van der Waals surface area (Å²) in [7, 11) is 0. The molecule has 0 amide bonds. The van der Waals surface area contributed by atoms with Gasteiger partial charge in [0.2, 0.25) is 0 Å². The summed E-state index contributed by atoms with van der Waals surface area (Å²) in [6.07, 6.45) is -4.49. The molecular weight excluding hydrogens is 322 g/mol. The highest BCUT2D eigenvalue weighted by atomic mass is 32.2. The van der Waals surface area contributed by atoms with Gasteiger partial charge in [-0.25, -0.2) is 4.39 Å². The molecule has 0 saturated heterocycles. The van der Waals surface area contributed by atoms with Crippen molar-refractivity contribution < 1.29 is 26.9 Å². The first kappa shape index (κ1) is 19.1. The van der Waals surface area contributed by atoms with E-state index in [1.54, 1.807) is 27.7 Å². The van der Waals surface area contributed by atoms with Gasteiger partial charge in [-0.15, -0.1) is 4.72 Å². The number of nitrogens with one attached hydrogen (secondary N) is 1. The van der Waals surface area contributed by atoms with Crippen LogP contribution in [0.3, 0.4) is 0 Å². The van der Waals surface area contributed by atoms with E-state index in [-0.39, 0.29) is 11.3 Å². The Labute approximate surface area is 130 Å². The fraction of sp³-hybridized carbons (Fsp3) is 0.571. The van der Waals surface area contributed by atoms with Crippen LogP contribution in [0.2, 0.25) is 0 Å². The summed E-state index contributed by atoms with van der Waals surface area (Å²) in [5.74, 6) is -0.700. The monoisotopic (exact) mass is 341 g/mol. The van der Waals surface area contributed by atoms with E-state index in [9.17, 15) is 22.1 Å². The fourth-order valence-electron chi connectivity index (χ4n) is 1.55. The summed E-state index contributed by atoms with van der Waals surface area (Å²) < 4.78 is 69.1. The van der Waals surface area contributed by atoms with Crippen molar-refractivity contribution in [1.29, 1.82) is 0 Å². The number of alkyl halides is 3. The molecule has 0 spiro atoms. The van der Waals surface area contributed by atoms with Crippen LogP contribution < -0.4 is 9.46 Å². The van der Waals surface area contributed by atoms with Crippen molar-refractivity contribution in [3.63, 3.8) is 0 Å². The smallest absolute Gasteiger partial charge is 0.422 e. The van der Waals surface area contributed by atoms with Crippen LogP contribution in [-0.4, -0.2) is 22.1 Å². The first-order valence-corrected chi connectivity index (χ1v) is 7.72. The number of rotatable bonds is 5. The van der Waals surface area contributed by atoms with Crippen molar-refractivity contribution in [2.24, 2.45) is 0 Å². The van der Waals surface area contributed by atoms with E-state index in [1.165, 1.54) is 0 Å². The number of ether oxygens (including phenoxy) is 1. The van der Waals surface area contributed by atoms with Gasteiger partial charge < -0.3 is 9.29 Å². The average molecular weight is 341 g/mol. The zero-order valence-corrected chi connectivity index (χ0v) is 13.6. The van der Waals surface area contributed by atoms with E-state index >= 15 is 0 Å². The summed E-state index contributed by atoms with van der Waals surface area (Å²) in [4.78, 5) is 0. The van der Waals surface area contributed by atoms with Crippen LogP contribution in [-0.2, 0) is 11.4 Å². The van der Waals surface area contributed by atoms with Crippen LogP contribution in [0.25, 0.3) is 0 Å². The predicted octanol–water partition coefficient (Wildman–Crippen LogP) is 3.88. The molecule has 0 radical (unpaired) electrons. The average Bonchev–Trinajstić information content (AvgIpc) is 2.34. The SMILES string of the molecule is CC(N[S@@+]([O-])C(C)(C)C)c1cc(F)ccc1OCC(F)(F)F. The van der Waals surface area contributed by atoms with E-state index in [0.717, 1.165) is 18.2 Å². The molecule has 1 aromatic rings. The van der Waals surface area contributed by atoms with Crippen molar-refractivity contribution in [2.45, 2.75) is 44.7 Å². The van der Waals surface area contributed by atoms with Gasteiger partial charge in [-0.1, -0.05) is 0 Å². The van der Waals surface area contributed by atoms with Crippen LogP contribution in [0, 0.1) is 5.82 Å². The first-order chi connectivity index (χ1) is 9.90. The van der Waals surface area contributed by atoms with Gasteiger partial charge in [0, 0.05) is 16.9 Å². The Morgan fingerprint density at radius 1 is 1.27 bits per heavy atom. The molecule has 8 heteroatoms. The molecule has 0 bridgehead atoms. The van der Waals surface area contributed by atoms with Crippen LogP contribution in [0.4, 0.5) is 17.6 Å². The highest BCUT2D eigenvalue weighted by Crippen LogP contribution is 2.29. The molecule has 0 aliphatic carbocycles. The molecule has 22 heavy (non-hydrogen) atoms. The minimum absolute atomic E-state index is 0.0929. The molecule has 126 valence electrons. The lowest BCUT2D eigenvalue weighted by Crippen LogP contribution is -2.40. The topological polar surface area (TPSA) is 44.3 Å². The van der Waals surface area contributed by atoms with Crippen LogP contribution in [0.15, 0.2) is 18.2 Å². The Morgan fingerprint density at radius 2 is 1.86 bits per heavy atom. The molecule has 0 saturated carbocycles. The molecular formula is C14H19F4NO2S. The molecule has 3 nitrogen and oxygen atoms in total. The highest BCUT2D eigenvalue weighted by Gasteiger charge is 2.31. The molecule has 1 N–H and O–H groups in total. The van der Waals surface area contributed by atoms with Gasteiger partial charge in [-0.3, -0.25) is 0 Å². The Balaban J connectivity index is 2.94. The van der Waals surface area contributed by atoms with Gasteiger partial charge in [0.05, 0.1) is 6.04 Å². The lowest BCUT2D eigenvalue weighted by molar-refractivity contribution is -0.153. The maximum Gasteiger partial charge on any atom is 0.422 e. The Hall–Kier alpha value is -0.990. The Bertz CT molecular complexity index is 503. The summed E-state index contributed by atoms with van der Waals surface area (Å²) >= 11 is -1.45. The summed E-state index contributed by atoms with van der Waals surface area (Å²) in [5, 5.41) is 0. The predicted molar refractivity (Wildman–Crippen MR) is 77.4 cm³/mol. The largest absolute Gasteiger partial charge is 0.598 e. The van der Waals surface area contributed by atoms with Crippen molar-refractivity contribution >= 4 is 11.4 Å². The molecule has 2 atom stereocenters. The standard InChI is InChI=1S/C14H19F4NO2S/c1-9(19-22(20)13(2,3)4)11-7-10(15)5-6-12(11)21-8-14(16,17)18/h5-7,9,19H,8H2,1-4H3/t9?,22-/m0/s1. The second-order valence-corrected chi connectivity index (χ2v) is 7.80. The van der Waals surface area contributed by atoms with Crippen LogP contribution >= 0.6 is 0 Å². The number of hydrogen-bond acceptors (Lipinski definition) is 3. The molecule has 1 aromatic carbocycles. The quantitative estimate of drug-likeness (QED) is 0.653. The van der Waals surface area contributed by atoms with E-state index in [1.807, 2.05) is 0 Å². The van der Waals surface area contributed by atoms with Gasteiger partial charge in [-0.2, -0.15) is 13.2 Å². The normalized spacial score (nSPS) is 15.5. The summed E-state index contributed by atoms with van der Waals surface area (Å²) in [6, 6.07) is 2.58. The molecule has 0 fully saturated rings. The highest BCUT2D eigenvalue weighted by molar-refractivity contribution is 7.90. The van der Waals surface area contributed by atoms with Crippen LogP contribution in [0.5, 0.6) is 5.75 Å². The Kier molecular flexibility index (Phi) is 6.11. The zero-order chi connectivity index (χ0) is 17.1. The van der Waals surface area contributed by atoms with Gasteiger partial charge in [0.15, 0.2) is 6.61 Å². The molecule has 1 rings (SSSR count). The van der Waals surface area contributed by atoms with E-state index in [0.29, 0.717) is 0 Å². The minimum Gasteiger partial charge on any atom is -0.598 e. The van der Waals surface area contributed by atoms with Crippen molar-refractivity contribution in [3.05, 3.63) is 29.6 Å². The summed E-state index contributed by atoms with van der Waals surface area (Å²) in [6.45, 7) is 5.35. The first-order valence-electron chi connectivity index (χ1n) is 6.57. The molecule has 0 heterocycles. The maximum absolute atomic E-state index is 13.4. The Morgan fingerprint density at radius 3 is 2.36 bits per heavy atom. The van der Waals surface area contributed by atoms with Crippen LogP contribution in [0.1, 0.15) is 39.3 Å². The lowest BCUT2D eigenvalue weighted by atomic mass is 10.1. The molecule has 0 aromatic heterocycles. The van der Waals surface area contributed by atoms with Gasteiger partial charge >= 0.3 is 6.18 Å². The number of benzene rings is 1. The zero-order valence-electron chi connectivity index (χ0n) is 12.8. The third-order valence-corrected chi connectivity index (χ3v) is 4.35. The molecule has 0 aliphatic rings. The van der Waals surface area contributed by atoms with E-state index < -0.39 is 40.8 Å². The maximum atomic E-state index is 13.4. The van der Waals surface area contributed by atoms with Gasteiger partial charge in [0.25, 0.3) is 0 Å². The second-order valence-electron chi connectivity index (χ2n) is 5.81. The third kappa shape index (κ3) is 6.02. The minimum atomic E-state index is -4.49. The van der Waals surface area contributed by atoms with Crippen molar-refractivity contribution in [3.8, 4) is 5.75 Å². The lowest BCUT2D eigenvalue weighted by Gasteiger charge is -2.27. The molecule has 0 aliphatic heterocycles. The number of halogens is 4. The van der Waals surface area contributed by atoms with Crippen molar-refractivity contribution in [2.75, 3.05) is 6.61 Å². The fourth-order valence-corrected chi connectivity index (χ4v) is 2.35. The van der Waals surface area contributed by atoms with E-state index in [2.05, 4.69) is 4.72 Å². The number of hydrogen-bond donors (Lipinski definition) is 1. The van der Waals surface area contributed by atoms with E-state index in [4.69, 9.17) is 4.74 Å². The molecule has 1 unspecified atom stereocenters. The summed E-state index contributed by atoms with van der Waals surface area (Å²) in [5.41, 5.74) is 0.182. The van der Waals surface area contributed by atoms with Gasteiger partial charge in [-0.05, 0) is 45.9 Å². The van der Waals surface area contributed by atoms with Gasteiger partial charge in [0.1, 0.15) is 16.3 Å².